The van der Waals surface area contributed by atoms with Gasteiger partial charge in [0.25, 0.3) is 0 Å². The number of para-hydroxylation sites is 1. The summed E-state index contributed by atoms with van der Waals surface area (Å²) in [6.07, 6.45) is 0. The molecule has 1 heterocycles. The Labute approximate surface area is 248 Å². The van der Waals surface area contributed by atoms with Gasteiger partial charge >= 0.3 is 0 Å². The topological polar surface area (TPSA) is 16.1 Å². The number of thiazole rings is 1. The molecule has 0 saturated carbocycles. The van der Waals surface area contributed by atoms with Crippen LogP contribution in [0.4, 0.5) is 17.1 Å². The van der Waals surface area contributed by atoms with E-state index in [2.05, 4.69) is 163 Å². The fourth-order valence-corrected chi connectivity index (χ4v) is 6.90. The van der Waals surface area contributed by atoms with Gasteiger partial charge in [-0.25, -0.2) is 4.98 Å². The van der Waals surface area contributed by atoms with Gasteiger partial charge in [0, 0.05) is 22.0 Å². The highest BCUT2D eigenvalue weighted by molar-refractivity contribution is 7.21. The summed E-state index contributed by atoms with van der Waals surface area (Å²) in [5, 5.41) is 5.86. The van der Waals surface area contributed by atoms with E-state index in [1.807, 2.05) is 0 Å². The maximum absolute atomic E-state index is 5.01. The van der Waals surface area contributed by atoms with Crippen LogP contribution in [0.15, 0.2) is 158 Å². The quantitative estimate of drug-likeness (QED) is 0.210. The number of aromatic nitrogens is 1. The molecule has 8 rings (SSSR count). The fraction of sp³-hybridized carbons (Fsp3) is 0. The van der Waals surface area contributed by atoms with Crippen molar-refractivity contribution in [2.45, 2.75) is 0 Å². The summed E-state index contributed by atoms with van der Waals surface area (Å²) >= 11 is 1.75. The molecule has 42 heavy (non-hydrogen) atoms. The van der Waals surface area contributed by atoms with E-state index < -0.39 is 0 Å². The van der Waals surface area contributed by atoms with Crippen molar-refractivity contribution in [3.8, 4) is 21.7 Å². The Morgan fingerprint density at radius 3 is 1.93 bits per heavy atom. The van der Waals surface area contributed by atoms with Crippen molar-refractivity contribution in [2.24, 2.45) is 0 Å². The van der Waals surface area contributed by atoms with Crippen molar-refractivity contribution >= 4 is 60.2 Å². The van der Waals surface area contributed by atoms with Gasteiger partial charge in [0.05, 0.1) is 21.6 Å². The molecule has 1 aromatic heterocycles. The van der Waals surface area contributed by atoms with E-state index in [-0.39, 0.29) is 0 Å². The van der Waals surface area contributed by atoms with E-state index in [0.29, 0.717) is 0 Å². The first-order chi connectivity index (χ1) is 20.8. The lowest BCUT2D eigenvalue weighted by Crippen LogP contribution is -2.11. The van der Waals surface area contributed by atoms with Gasteiger partial charge in [-0.05, 0) is 64.4 Å². The maximum atomic E-state index is 5.01. The molecule has 0 spiro atoms. The minimum atomic E-state index is 1.04. The Balaban J connectivity index is 1.35. The number of anilines is 3. The molecule has 0 amide bonds. The highest BCUT2D eigenvalue weighted by atomic mass is 32.1. The number of fused-ring (bicyclic) bond motifs is 3. The molecule has 0 aliphatic heterocycles. The molecule has 2 nitrogen and oxygen atoms in total. The maximum Gasteiger partial charge on any atom is 0.125 e. The highest BCUT2D eigenvalue weighted by Crippen LogP contribution is 2.45. The molecule has 0 aliphatic rings. The molecule has 7 aromatic carbocycles. The van der Waals surface area contributed by atoms with Gasteiger partial charge in [-0.3, -0.25) is 0 Å². The first-order valence-corrected chi connectivity index (χ1v) is 15.0. The van der Waals surface area contributed by atoms with Crippen LogP contribution in [0.5, 0.6) is 0 Å². The van der Waals surface area contributed by atoms with Gasteiger partial charge in [0.1, 0.15) is 5.01 Å². The molecule has 0 bridgehead atoms. The number of benzene rings is 7. The molecule has 0 atom stereocenters. The highest BCUT2D eigenvalue weighted by Gasteiger charge is 2.20. The zero-order valence-electron chi connectivity index (χ0n) is 22.8. The predicted molar refractivity (Wildman–Crippen MR) is 180 cm³/mol. The molecule has 0 fully saturated rings. The number of rotatable bonds is 5. The van der Waals surface area contributed by atoms with E-state index in [0.717, 1.165) is 33.1 Å². The largest absolute Gasteiger partial charge is 0.309 e. The molecule has 0 radical (unpaired) electrons. The van der Waals surface area contributed by atoms with Gasteiger partial charge in [0.15, 0.2) is 0 Å². The van der Waals surface area contributed by atoms with E-state index in [4.69, 9.17) is 4.98 Å². The molecule has 0 unspecified atom stereocenters. The van der Waals surface area contributed by atoms with E-state index in [9.17, 15) is 0 Å². The van der Waals surface area contributed by atoms with E-state index in [1.54, 1.807) is 11.3 Å². The first-order valence-electron chi connectivity index (χ1n) is 14.1. The summed E-state index contributed by atoms with van der Waals surface area (Å²) in [4.78, 5) is 7.41. The van der Waals surface area contributed by atoms with Gasteiger partial charge in [-0.15, -0.1) is 11.3 Å². The summed E-state index contributed by atoms with van der Waals surface area (Å²) in [6.45, 7) is 0. The van der Waals surface area contributed by atoms with Crippen LogP contribution < -0.4 is 4.90 Å². The lowest BCUT2D eigenvalue weighted by molar-refractivity contribution is 1.31. The van der Waals surface area contributed by atoms with E-state index >= 15 is 0 Å². The van der Waals surface area contributed by atoms with Crippen LogP contribution in [0.3, 0.4) is 0 Å². The third-order valence-corrected chi connectivity index (χ3v) is 8.98. The minimum absolute atomic E-state index is 1.04. The molecule has 0 saturated heterocycles. The average molecular weight is 555 g/mol. The molecule has 8 aromatic rings. The monoisotopic (exact) mass is 554 g/mol. The van der Waals surface area contributed by atoms with Gasteiger partial charge in [-0.2, -0.15) is 0 Å². The normalized spacial score (nSPS) is 11.3. The average Bonchev–Trinajstić information content (AvgIpc) is 3.50. The zero-order chi connectivity index (χ0) is 27.9. The zero-order valence-corrected chi connectivity index (χ0v) is 23.6. The Morgan fingerprint density at radius 2 is 1.10 bits per heavy atom. The predicted octanol–water partition coefficient (Wildman–Crippen LogP) is 11.4. The van der Waals surface area contributed by atoms with Crippen molar-refractivity contribution in [3.05, 3.63) is 158 Å². The third-order valence-electron chi connectivity index (χ3n) is 7.91. The Bertz CT molecular complexity index is 2160. The fourth-order valence-electron chi connectivity index (χ4n) is 5.90. The van der Waals surface area contributed by atoms with Crippen LogP contribution in [0.2, 0.25) is 0 Å². The van der Waals surface area contributed by atoms with Crippen molar-refractivity contribution in [2.75, 3.05) is 4.90 Å². The van der Waals surface area contributed by atoms with Crippen LogP contribution in [-0.4, -0.2) is 4.98 Å². The summed E-state index contributed by atoms with van der Waals surface area (Å²) in [7, 11) is 0. The smallest absolute Gasteiger partial charge is 0.125 e. The number of nitrogens with zero attached hydrogens (tertiary/aromatic N) is 2. The molecular weight excluding hydrogens is 529 g/mol. The Kier molecular flexibility index (Phi) is 6.02. The second kappa shape index (κ2) is 10.3. The third kappa shape index (κ3) is 4.23. The second-order valence-electron chi connectivity index (χ2n) is 10.4. The molecule has 198 valence electrons. The Hall–Kier alpha value is -5.25. The van der Waals surface area contributed by atoms with E-state index in [1.165, 1.54) is 37.4 Å². The number of hydrogen-bond donors (Lipinski definition) is 0. The summed E-state index contributed by atoms with van der Waals surface area (Å²) < 4.78 is 1.21. The van der Waals surface area contributed by atoms with Crippen molar-refractivity contribution in [1.82, 2.24) is 4.98 Å². The SMILES string of the molecule is c1ccc(-c2ccc(N(c3cccc4ccccc34)c3ccc(-c4nc5ccccc5s4)c4ccccc34)cc2)cc1. The van der Waals surface area contributed by atoms with Gasteiger partial charge in [-0.1, -0.05) is 115 Å². The summed E-state index contributed by atoms with van der Waals surface area (Å²) in [5.41, 5.74) is 8.02. The summed E-state index contributed by atoms with van der Waals surface area (Å²) in [5.74, 6) is 0. The standard InChI is InChI=1S/C39H26N2S/c1-2-11-27(12-3-1)28-21-23-30(24-22-28)41(36-19-10-14-29-13-4-5-15-31(29)36)37-26-25-34(32-16-6-7-17-33(32)37)39-40-35-18-8-9-20-38(35)42-39/h1-26H. The minimum Gasteiger partial charge on any atom is -0.309 e. The van der Waals surface area contributed by atoms with Crippen LogP contribution in [0.1, 0.15) is 0 Å². The van der Waals surface area contributed by atoms with Crippen LogP contribution in [-0.2, 0) is 0 Å². The van der Waals surface area contributed by atoms with Crippen LogP contribution >= 0.6 is 11.3 Å². The molecular formula is C39H26N2S. The van der Waals surface area contributed by atoms with Crippen LogP contribution in [0.25, 0.3) is 53.5 Å². The lowest BCUT2D eigenvalue weighted by atomic mass is 10.00. The second-order valence-corrected chi connectivity index (χ2v) is 11.4. The van der Waals surface area contributed by atoms with Crippen molar-refractivity contribution < 1.29 is 0 Å². The lowest BCUT2D eigenvalue weighted by Gasteiger charge is -2.28. The van der Waals surface area contributed by atoms with Crippen LogP contribution in [0, 0.1) is 0 Å². The van der Waals surface area contributed by atoms with Crippen molar-refractivity contribution in [3.63, 3.8) is 0 Å². The number of hydrogen-bond acceptors (Lipinski definition) is 3. The summed E-state index contributed by atoms with van der Waals surface area (Å²) in [6, 6.07) is 56.2. The van der Waals surface area contributed by atoms with Gasteiger partial charge in [0.2, 0.25) is 0 Å². The van der Waals surface area contributed by atoms with Gasteiger partial charge < -0.3 is 4.90 Å². The molecule has 3 heteroatoms. The molecule has 0 N–H and O–H groups in total. The Morgan fingerprint density at radius 1 is 0.452 bits per heavy atom. The molecule has 0 aliphatic carbocycles. The first kappa shape index (κ1) is 24.5. The van der Waals surface area contributed by atoms with Crippen molar-refractivity contribution in [1.29, 1.82) is 0 Å².